The molecule has 0 radical (unpaired) electrons. The molecule has 1 atom stereocenters. The monoisotopic (exact) mass is 425 g/mol. The lowest BCUT2D eigenvalue weighted by Crippen LogP contribution is -2.27. The third-order valence-electron chi connectivity index (χ3n) is 4.59. The molecule has 0 bridgehead atoms. The highest BCUT2D eigenvalue weighted by atomic mass is 32.2. The second-order valence-electron chi connectivity index (χ2n) is 8.28. The number of benzene rings is 1. The molecule has 0 saturated heterocycles. The Hall–Kier alpha value is -2.64. The van der Waals surface area contributed by atoms with Gasteiger partial charge in [-0.15, -0.1) is 0 Å². The van der Waals surface area contributed by atoms with Crippen molar-refractivity contribution in [3.63, 3.8) is 0 Å². The average molecular weight is 426 g/mol. The summed E-state index contributed by atoms with van der Waals surface area (Å²) in [7, 11) is 0. The zero-order valence-electron chi connectivity index (χ0n) is 18.2. The maximum Gasteiger partial charge on any atom is 0.264 e. The van der Waals surface area contributed by atoms with Gasteiger partial charge < -0.3 is 9.29 Å². The van der Waals surface area contributed by atoms with E-state index in [9.17, 15) is 9.35 Å². The molecule has 3 rings (SSSR count). The van der Waals surface area contributed by atoms with Crippen LogP contribution in [0.25, 0.3) is 5.65 Å². The van der Waals surface area contributed by atoms with Gasteiger partial charge in [0, 0.05) is 11.8 Å². The van der Waals surface area contributed by atoms with Crippen LogP contribution in [0.4, 0.5) is 0 Å². The minimum Gasteiger partial charge on any atom is -0.591 e. The second kappa shape index (κ2) is 8.62. The van der Waals surface area contributed by atoms with Crippen molar-refractivity contribution in [3.05, 3.63) is 75.2 Å². The van der Waals surface area contributed by atoms with Crippen LogP contribution in [-0.4, -0.2) is 24.4 Å². The van der Waals surface area contributed by atoms with Crippen LogP contribution < -0.4 is 10.3 Å². The van der Waals surface area contributed by atoms with Gasteiger partial charge in [-0.1, -0.05) is 34.7 Å². The Kier molecular flexibility index (Phi) is 6.33. The smallest absolute Gasteiger partial charge is 0.264 e. The zero-order valence-corrected chi connectivity index (χ0v) is 19.0. The lowest BCUT2D eigenvalue weighted by molar-refractivity contribution is 0.291. The number of hydrogen-bond acceptors (Lipinski definition) is 5. The Balaban J connectivity index is 2.11. The second-order valence-corrected chi connectivity index (χ2v) is 10.2. The highest BCUT2D eigenvalue weighted by Crippen LogP contribution is 2.22. The summed E-state index contributed by atoms with van der Waals surface area (Å²) in [6.07, 6.45) is 1.75. The van der Waals surface area contributed by atoms with E-state index in [2.05, 4.69) is 9.38 Å². The van der Waals surface area contributed by atoms with E-state index >= 15 is 0 Å². The Morgan fingerprint density at radius 2 is 1.90 bits per heavy atom. The van der Waals surface area contributed by atoms with Crippen molar-refractivity contribution >= 4 is 22.7 Å². The topological polar surface area (TPSA) is 79.0 Å². The van der Waals surface area contributed by atoms with Crippen LogP contribution in [0.2, 0.25) is 0 Å². The number of pyridine rings is 1. The molecule has 7 heteroatoms. The summed E-state index contributed by atoms with van der Waals surface area (Å²) in [4.78, 5) is 17.7. The number of aromatic nitrogens is 2. The SMILES string of the molecule is CC(=N[S+]([O-])C(C)(C)C)c1cc(C)cn2c(=O)c(C)c(OCc3ccccc3)nc12. The van der Waals surface area contributed by atoms with Crippen LogP contribution in [0.1, 0.15) is 49.9 Å². The maximum atomic E-state index is 13.0. The molecule has 2 aromatic heterocycles. The first-order chi connectivity index (χ1) is 14.1. The lowest BCUT2D eigenvalue weighted by atomic mass is 10.1. The van der Waals surface area contributed by atoms with Gasteiger partial charge in [-0.05, 0) is 58.7 Å². The summed E-state index contributed by atoms with van der Waals surface area (Å²) < 4.78 is 23.8. The molecule has 6 nitrogen and oxygen atoms in total. The van der Waals surface area contributed by atoms with Gasteiger partial charge in [0.15, 0.2) is 5.65 Å². The van der Waals surface area contributed by atoms with Gasteiger partial charge in [0.1, 0.15) is 22.7 Å². The molecule has 0 aliphatic rings. The highest BCUT2D eigenvalue weighted by Gasteiger charge is 2.27. The third kappa shape index (κ3) is 4.74. The lowest BCUT2D eigenvalue weighted by Gasteiger charge is -2.19. The van der Waals surface area contributed by atoms with Crippen molar-refractivity contribution in [2.75, 3.05) is 0 Å². The van der Waals surface area contributed by atoms with Crippen molar-refractivity contribution < 1.29 is 9.29 Å². The highest BCUT2D eigenvalue weighted by molar-refractivity contribution is 7.91. The fourth-order valence-corrected chi connectivity index (χ4v) is 3.51. The Labute approximate surface area is 180 Å². The summed E-state index contributed by atoms with van der Waals surface area (Å²) in [5.74, 6) is 0.290. The number of ether oxygens (including phenoxy) is 1. The van der Waals surface area contributed by atoms with Crippen LogP contribution >= 0.6 is 0 Å². The van der Waals surface area contributed by atoms with E-state index in [0.717, 1.165) is 11.1 Å². The van der Waals surface area contributed by atoms with E-state index in [1.54, 1.807) is 20.0 Å². The quantitative estimate of drug-likeness (QED) is 0.454. The third-order valence-corrected chi connectivity index (χ3v) is 6.08. The van der Waals surface area contributed by atoms with Gasteiger partial charge in [0.05, 0.1) is 11.3 Å². The molecule has 0 spiro atoms. The van der Waals surface area contributed by atoms with E-state index in [1.807, 2.05) is 64.1 Å². The molecule has 0 saturated carbocycles. The molecule has 158 valence electrons. The van der Waals surface area contributed by atoms with Crippen LogP contribution in [0.3, 0.4) is 0 Å². The predicted molar refractivity (Wildman–Crippen MR) is 122 cm³/mol. The Morgan fingerprint density at radius 3 is 2.53 bits per heavy atom. The first-order valence-corrected chi connectivity index (χ1v) is 10.9. The molecular weight excluding hydrogens is 398 g/mol. The summed E-state index contributed by atoms with van der Waals surface area (Å²) in [6.45, 7) is 11.3. The predicted octanol–water partition coefficient (Wildman–Crippen LogP) is 4.16. The molecule has 30 heavy (non-hydrogen) atoms. The number of aryl methyl sites for hydroxylation is 1. The average Bonchev–Trinajstić information content (AvgIpc) is 2.69. The fourth-order valence-electron chi connectivity index (χ4n) is 2.89. The minimum absolute atomic E-state index is 0.197. The first kappa shape index (κ1) is 22.1. The first-order valence-electron chi connectivity index (χ1n) is 9.76. The number of hydrogen-bond donors (Lipinski definition) is 0. The summed E-state index contributed by atoms with van der Waals surface area (Å²) in [6, 6.07) is 11.6. The molecule has 0 aliphatic heterocycles. The number of fused-ring (bicyclic) bond motifs is 1. The van der Waals surface area contributed by atoms with Crippen molar-refractivity contribution in [3.8, 4) is 5.88 Å². The Bertz CT molecular complexity index is 1150. The van der Waals surface area contributed by atoms with Crippen molar-refractivity contribution in [2.45, 2.75) is 52.9 Å². The molecule has 0 N–H and O–H groups in total. The van der Waals surface area contributed by atoms with Crippen LogP contribution in [-0.2, 0) is 18.0 Å². The van der Waals surface area contributed by atoms with E-state index in [4.69, 9.17) is 4.74 Å². The molecule has 1 unspecified atom stereocenters. The molecule has 3 aromatic rings. The van der Waals surface area contributed by atoms with Crippen molar-refractivity contribution in [2.24, 2.45) is 4.40 Å². The van der Waals surface area contributed by atoms with E-state index < -0.39 is 16.1 Å². The molecule has 1 aromatic carbocycles. The minimum atomic E-state index is -1.42. The van der Waals surface area contributed by atoms with Crippen molar-refractivity contribution in [1.29, 1.82) is 0 Å². The van der Waals surface area contributed by atoms with Gasteiger partial charge in [-0.25, -0.2) is 0 Å². The largest absolute Gasteiger partial charge is 0.591 e. The van der Waals surface area contributed by atoms with E-state index in [0.29, 0.717) is 35.0 Å². The number of rotatable bonds is 5. The maximum absolute atomic E-state index is 13.0. The summed E-state index contributed by atoms with van der Waals surface area (Å²) >= 11 is -1.42. The molecule has 0 aliphatic carbocycles. The normalized spacial score (nSPS) is 13.5. The Morgan fingerprint density at radius 1 is 1.23 bits per heavy atom. The van der Waals surface area contributed by atoms with E-state index in [1.165, 1.54) is 4.40 Å². The fraction of sp³-hybridized carbons (Fsp3) is 0.348. The molecule has 0 fully saturated rings. The summed E-state index contributed by atoms with van der Waals surface area (Å²) in [5, 5.41) is 0. The van der Waals surface area contributed by atoms with Crippen LogP contribution in [0, 0.1) is 13.8 Å². The van der Waals surface area contributed by atoms with Crippen molar-refractivity contribution in [1.82, 2.24) is 9.38 Å². The van der Waals surface area contributed by atoms with Gasteiger partial charge in [-0.3, -0.25) is 9.20 Å². The van der Waals surface area contributed by atoms with E-state index in [-0.39, 0.29) is 5.56 Å². The van der Waals surface area contributed by atoms with Gasteiger partial charge in [-0.2, -0.15) is 4.98 Å². The van der Waals surface area contributed by atoms with Crippen LogP contribution in [0.5, 0.6) is 5.88 Å². The number of nitrogens with zero attached hydrogens (tertiary/aromatic N) is 3. The standard InChI is InChI=1S/C23H27N3O3S/c1-15-12-19(17(3)25-30(28)23(4,5)6)20-24-21(16(2)22(27)26(20)13-15)29-14-18-10-8-7-9-11-18/h7-13H,14H2,1-6H3. The van der Waals surface area contributed by atoms with Gasteiger partial charge in [0.25, 0.3) is 5.56 Å². The molecular formula is C23H27N3O3S. The molecule has 2 heterocycles. The van der Waals surface area contributed by atoms with Gasteiger partial charge >= 0.3 is 0 Å². The summed E-state index contributed by atoms with van der Waals surface area (Å²) in [5.41, 5.74) is 3.77. The van der Waals surface area contributed by atoms with Crippen LogP contribution in [0.15, 0.2) is 51.8 Å². The van der Waals surface area contributed by atoms with Gasteiger partial charge in [0.2, 0.25) is 5.88 Å². The zero-order chi connectivity index (χ0) is 22.1. The molecule has 0 amide bonds.